The predicted molar refractivity (Wildman–Crippen MR) is 123 cm³/mol. The van der Waals surface area contributed by atoms with E-state index in [0.29, 0.717) is 11.3 Å². The number of rotatable bonds is 5. The van der Waals surface area contributed by atoms with Crippen molar-refractivity contribution >= 4 is 39.3 Å². The van der Waals surface area contributed by atoms with Crippen LogP contribution in [0.4, 0.5) is 5.69 Å². The molecular formula is C25H21BrN2O3. The maximum atomic E-state index is 13.5. The third-order valence-electron chi connectivity index (χ3n) is 5.42. The Bertz CT molecular complexity index is 1130. The third-order valence-corrected chi connectivity index (χ3v) is 5.94. The van der Waals surface area contributed by atoms with E-state index in [2.05, 4.69) is 15.9 Å². The number of benzene rings is 3. The third kappa shape index (κ3) is 4.30. The molecule has 0 radical (unpaired) electrons. The van der Waals surface area contributed by atoms with Gasteiger partial charge in [0.25, 0.3) is 11.8 Å². The Kier molecular flexibility index (Phi) is 6.00. The molecule has 1 aliphatic rings. The Morgan fingerprint density at radius 1 is 0.968 bits per heavy atom. The lowest BCUT2D eigenvalue weighted by Gasteiger charge is -2.28. The molecular weight excluding hydrogens is 456 g/mol. The topological polar surface area (TPSA) is 57.7 Å². The maximum Gasteiger partial charge on any atom is 0.257 e. The molecule has 156 valence electrons. The SMILES string of the molecule is Cc1ccccc1C(=O)N(Cc1ccccc1)C1CC(=O)N(c2ccc(Br)cc2)C1=O. The minimum absolute atomic E-state index is 0.0423. The summed E-state index contributed by atoms with van der Waals surface area (Å²) in [6.07, 6.45) is -0.0423. The number of nitrogens with zero attached hydrogens (tertiary/aromatic N) is 2. The van der Waals surface area contributed by atoms with E-state index in [1.54, 1.807) is 36.4 Å². The standard InChI is InChI=1S/C25H21BrN2O3/c1-17-7-5-6-10-21(17)24(30)27(16-18-8-3-2-4-9-18)22-15-23(29)28(25(22)31)20-13-11-19(26)12-14-20/h2-14,22H,15-16H2,1H3. The normalized spacial score (nSPS) is 15.9. The van der Waals surface area contributed by atoms with E-state index in [4.69, 9.17) is 0 Å². The molecule has 0 aromatic heterocycles. The average molecular weight is 477 g/mol. The number of anilines is 1. The van der Waals surface area contributed by atoms with Gasteiger partial charge in [-0.2, -0.15) is 0 Å². The highest BCUT2D eigenvalue weighted by Gasteiger charge is 2.44. The van der Waals surface area contributed by atoms with Gasteiger partial charge in [0.2, 0.25) is 5.91 Å². The Hall–Kier alpha value is -3.25. The molecule has 1 unspecified atom stereocenters. The van der Waals surface area contributed by atoms with Gasteiger partial charge < -0.3 is 4.90 Å². The van der Waals surface area contributed by atoms with Crippen LogP contribution in [0.25, 0.3) is 0 Å². The molecule has 0 N–H and O–H groups in total. The van der Waals surface area contributed by atoms with Crippen molar-refractivity contribution in [3.63, 3.8) is 0 Å². The average Bonchev–Trinajstić information content (AvgIpc) is 3.07. The minimum atomic E-state index is -0.858. The van der Waals surface area contributed by atoms with Crippen molar-refractivity contribution in [1.82, 2.24) is 4.90 Å². The fourth-order valence-corrected chi connectivity index (χ4v) is 4.06. The maximum absolute atomic E-state index is 13.5. The molecule has 31 heavy (non-hydrogen) atoms. The number of hydrogen-bond acceptors (Lipinski definition) is 3. The van der Waals surface area contributed by atoms with E-state index in [0.717, 1.165) is 15.6 Å². The van der Waals surface area contributed by atoms with Crippen LogP contribution in [-0.4, -0.2) is 28.7 Å². The lowest BCUT2D eigenvalue weighted by molar-refractivity contribution is -0.122. The van der Waals surface area contributed by atoms with E-state index in [1.165, 1.54) is 9.80 Å². The number of carbonyl (C=O) groups excluding carboxylic acids is 3. The van der Waals surface area contributed by atoms with Crippen LogP contribution < -0.4 is 4.90 Å². The van der Waals surface area contributed by atoms with Gasteiger partial charge in [-0.15, -0.1) is 0 Å². The summed E-state index contributed by atoms with van der Waals surface area (Å²) in [5.74, 6) is -0.955. The molecule has 0 saturated carbocycles. The van der Waals surface area contributed by atoms with Crippen LogP contribution >= 0.6 is 15.9 Å². The van der Waals surface area contributed by atoms with E-state index in [1.807, 2.05) is 49.4 Å². The Labute approximate surface area is 189 Å². The lowest BCUT2D eigenvalue weighted by Crippen LogP contribution is -2.45. The van der Waals surface area contributed by atoms with Gasteiger partial charge >= 0.3 is 0 Å². The Balaban J connectivity index is 1.70. The fourth-order valence-electron chi connectivity index (χ4n) is 3.79. The molecule has 0 aliphatic carbocycles. The van der Waals surface area contributed by atoms with Crippen LogP contribution in [0.2, 0.25) is 0 Å². The van der Waals surface area contributed by atoms with Gasteiger partial charge in [0.05, 0.1) is 12.1 Å². The number of hydrogen-bond donors (Lipinski definition) is 0. The molecule has 3 aromatic carbocycles. The summed E-state index contributed by atoms with van der Waals surface area (Å²) >= 11 is 3.37. The van der Waals surface area contributed by atoms with Crippen molar-refractivity contribution in [3.8, 4) is 0 Å². The van der Waals surface area contributed by atoms with Gasteiger partial charge in [-0.05, 0) is 48.4 Å². The Morgan fingerprint density at radius 3 is 2.29 bits per heavy atom. The molecule has 3 amide bonds. The van der Waals surface area contributed by atoms with Crippen molar-refractivity contribution in [1.29, 1.82) is 0 Å². The number of amides is 3. The molecule has 0 bridgehead atoms. The summed E-state index contributed by atoms with van der Waals surface area (Å²) < 4.78 is 0.854. The predicted octanol–water partition coefficient (Wildman–Crippen LogP) is 4.73. The van der Waals surface area contributed by atoms with Crippen molar-refractivity contribution in [3.05, 3.63) is 100 Å². The quantitative estimate of drug-likeness (QED) is 0.500. The van der Waals surface area contributed by atoms with Crippen molar-refractivity contribution in [2.75, 3.05) is 4.90 Å². The van der Waals surface area contributed by atoms with Gasteiger partial charge in [0, 0.05) is 16.6 Å². The highest BCUT2D eigenvalue weighted by atomic mass is 79.9. The highest BCUT2D eigenvalue weighted by molar-refractivity contribution is 9.10. The summed E-state index contributed by atoms with van der Waals surface area (Å²) in [5.41, 5.74) is 2.75. The summed E-state index contributed by atoms with van der Waals surface area (Å²) in [6, 6.07) is 22.9. The van der Waals surface area contributed by atoms with E-state index < -0.39 is 6.04 Å². The smallest absolute Gasteiger partial charge is 0.257 e. The van der Waals surface area contributed by atoms with E-state index in [9.17, 15) is 14.4 Å². The van der Waals surface area contributed by atoms with Gasteiger partial charge in [-0.25, -0.2) is 4.90 Å². The first-order chi connectivity index (χ1) is 15.0. The van der Waals surface area contributed by atoms with Gasteiger partial charge in [0.15, 0.2) is 0 Å². The van der Waals surface area contributed by atoms with Gasteiger partial charge in [-0.1, -0.05) is 64.5 Å². The molecule has 5 nitrogen and oxygen atoms in total. The second-order valence-electron chi connectivity index (χ2n) is 7.50. The minimum Gasteiger partial charge on any atom is -0.322 e. The number of halogens is 1. The van der Waals surface area contributed by atoms with E-state index in [-0.39, 0.29) is 30.7 Å². The van der Waals surface area contributed by atoms with Crippen LogP contribution in [0.1, 0.15) is 27.9 Å². The monoisotopic (exact) mass is 476 g/mol. The van der Waals surface area contributed by atoms with Crippen molar-refractivity contribution in [2.24, 2.45) is 0 Å². The van der Waals surface area contributed by atoms with Crippen molar-refractivity contribution in [2.45, 2.75) is 25.9 Å². The summed E-state index contributed by atoms with van der Waals surface area (Å²) in [6.45, 7) is 2.11. The molecule has 1 fully saturated rings. The first kappa shape index (κ1) is 21.0. The zero-order valence-electron chi connectivity index (χ0n) is 17.0. The van der Waals surface area contributed by atoms with Crippen molar-refractivity contribution < 1.29 is 14.4 Å². The molecule has 0 spiro atoms. The highest BCUT2D eigenvalue weighted by Crippen LogP contribution is 2.29. The Morgan fingerprint density at radius 2 is 1.61 bits per heavy atom. The molecule has 1 saturated heterocycles. The second-order valence-corrected chi connectivity index (χ2v) is 8.41. The van der Waals surface area contributed by atoms with E-state index >= 15 is 0 Å². The number of aryl methyl sites for hydroxylation is 1. The van der Waals surface area contributed by atoms with Crippen LogP contribution in [0, 0.1) is 6.92 Å². The second kappa shape index (κ2) is 8.86. The van der Waals surface area contributed by atoms with Crippen LogP contribution in [0.15, 0.2) is 83.3 Å². The van der Waals surface area contributed by atoms with Gasteiger partial charge in [-0.3, -0.25) is 14.4 Å². The van der Waals surface area contributed by atoms with Crippen LogP contribution in [-0.2, 0) is 16.1 Å². The fraction of sp³-hybridized carbons (Fsp3) is 0.160. The zero-order valence-corrected chi connectivity index (χ0v) is 18.6. The van der Waals surface area contributed by atoms with Crippen LogP contribution in [0.3, 0.4) is 0 Å². The summed E-state index contributed by atoms with van der Waals surface area (Å²) in [4.78, 5) is 42.4. The summed E-state index contributed by atoms with van der Waals surface area (Å²) in [7, 11) is 0. The van der Waals surface area contributed by atoms with Gasteiger partial charge in [0.1, 0.15) is 6.04 Å². The molecule has 4 rings (SSSR count). The molecule has 6 heteroatoms. The summed E-state index contributed by atoms with van der Waals surface area (Å²) in [5, 5.41) is 0. The molecule has 1 atom stereocenters. The molecule has 1 heterocycles. The molecule has 1 aliphatic heterocycles. The number of carbonyl (C=O) groups is 3. The molecule has 3 aromatic rings. The zero-order chi connectivity index (χ0) is 22.0. The first-order valence-corrected chi connectivity index (χ1v) is 10.8. The largest absolute Gasteiger partial charge is 0.322 e. The van der Waals surface area contributed by atoms with Crippen LogP contribution in [0.5, 0.6) is 0 Å². The lowest BCUT2D eigenvalue weighted by atomic mass is 10.0. The number of imide groups is 1. The first-order valence-electron chi connectivity index (χ1n) is 9.98.